The highest BCUT2D eigenvalue weighted by Gasteiger charge is 1.97. The Balaban J connectivity index is 3.35. The normalized spacial score (nSPS) is 9.18. The Kier molecular flexibility index (Phi) is 2.21. The van der Waals surface area contributed by atoms with Gasteiger partial charge in [0.05, 0.1) is 0 Å². The van der Waals surface area contributed by atoms with Gasteiger partial charge in [0.15, 0.2) is 0 Å². The Labute approximate surface area is 66.9 Å². The second kappa shape index (κ2) is 3.15. The van der Waals surface area contributed by atoms with E-state index in [-0.39, 0.29) is 0 Å². The maximum absolute atomic E-state index is 7.16. The van der Waals surface area contributed by atoms with Crippen LogP contribution in [0.2, 0.25) is 0 Å². The average molecular weight is 145 g/mol. The van der Waals surface area contributed by atoms with Crippen molar-refractivity contribution in [2.24, 2.45) is 0 Å². The molecule has 0 aromatic heterocycles. The molecule has 1 rings (SSSR count). The summed E-state index contributed by atoms with van der Waals surface area (Å²) in [5.74, 6) is 0. The molecule has 0 spiro atoms. The smallest absolute Gasteiger partial charge is 0.0259 e. The van der Waals surface area contributed by atoms with Gasteiger partial charge >= 0.3 is 0 Å². The first-order valence-corrected chi connectivity index (χ1v) is 3.52. The molecule has 1 nitrogen and oxygen atoms in total. The number of benzene rings is 1. The molecule has 0 aliphatic carbocycles. The summed E-state index contributed by atoms with van der Waals surface area (Å²) in [6, 6.07) is 5.92. The Hall–Kier alpha value is -1.37. The molecule has 0 saturated carbocycles. The second-order valence-electron chi connectivity index (χ2n) is 2.43. The van der Waals surface area contributed by atoms with E-state index in [1.165, 1.54) is 6.21 Å². The monoisotopic (exact) mass is 145 g/mol. The van der Waals surface area contributed by atoms with Gasteiger partial charge in [0, 0.05) is 11.8 Å². The van der Waals surface area contributed by atoms with Gasteiger partial charge in [-0.25, -0.2) is 0 Å². The lowest BCUT2D eigenvalue weighted by Crippen LogP contribution is -1.89. The van der Waals surface area contributed by atoms with Crippen LogP contribution in [0.5, 0.6) is 0 Å². The van der Waals surface area contributed by atoms with Crippen LogP contribution in [0.25, 0.3) is 6.08 Å². The number of nitrogens with one attached hydrogen (secondary N) is 1. The molecule has 0 aliphatic heterocycles. The predicted octanol–water partition coefficient (Wildman–Crippen LogP) is 2.64. The molecule has 1 aromatic carbocycles. The van der Waals surface area contributed by atoms with Crippen molar-refractivity contribution in [2.75, 3.05) is 0 Å². The quantitative estimate of drug-likeness (QED) is 0.618. The molecule has 56 valence electrons. The molecule has 11 heavy (non-hydrogen) atoms. The van der Waals surface area contributed by atoms with Crippen LogP contribution < -0.4 is 0 Å². The van der Waals surface area contributed by atoms with Crippen molar-refractivity contribution in [2.45, 2.75) is 6.92 Å². The fraction of sp³-hybridized carbons (Fsp3) is 0.100. The summed E-state index contributed by atoms with van der Waals surface area (Å²) in [6.07, 6.45) is 3.14. The Morgan fingerprint density at radius 1 is 1.45 bits per heavy atom. The van der Waals surface area contributed by atoms with Crippen molar-refractivity contribution >= 4 is 12.3 Å². The third-order valence-corrected chi connectivity index (χ3v) is 1.72. The van der Waals surface area contributed by atoms with Gasteiger partial charge in [0.25, 0.3) is 0 Å². The number of hydrogen-bond acceptors (Lipinski definition) is 1. The third-order valence-electron chi connectivity index (χ3n) is 1.72. The molecule has 0 aliphatic rings. The molecular formula is C10H11N. The molecule has 1 N–H and O–H groups in total. The number of rotatable bonds is 2. The highest BCUT2D eigenvalue weighted by Crippen LogP contribution is 2.12. The zero-order valence-corrected chi connectivity index (χ0v) is 6.59. The minimum atomic E-state index is 0.961. The van der Waals surface area contributed by atoms with Gasteiger partial charge in [-0.2, -0.15) is 0 Å². The molecule has 0 saturated heterocycles. The van der Waals surface area contributed by atoms with E-state index in [1.807, 2.05) is 25.1 Å². The molecule has 0 fully saturated rings. The lowest BCUT2D eigenvalue weighted by atomic mass is 10.0. The van der Waals surface area contributed by atoms with E-state index in [1.54, 1.807) is 6.08 Å². The Bertz CT molecular complexity index is 287. The van der Waals surface area contributed by atoms with Crippen molar-refractivity contribution in [3.8, 4) is 0 Å². The van der Waals surface area contributed by atoms with Crippen LogP contribution in [0.1, 0.15) is 16.7 Å². The highest BCUT2D eigenvalue weighted by atomic mass is 14.3. The van der Waals surface area contributed by atoms with Crippen molar-refractivity contribution in [1.82, 2.24) is 0 Å². The van der Waals surface area contributed by atoms with Crippen molar-refractivity contribution in [1.29, 1.82) is 5.41 Å². The predicted molar refractivity (Wildman–Crippen MR) is 49.2 cm³/mol. The SMILES string of the molecule is C=Cc1cccc(C)c1C=N. The molecule has 0 unspecified atom stereocenters. The van der Waals surface area contributed by atoms with Gasteiger partial charge in [-0.05, 0) is 18.1 Å². The molecule has 1 aromatic rings. The fourth-order valence-electron chi connectivity index (χ4n) is 1.08. The molecular weight excluding hydrogens is 134 g/mol. The Morgan fingerprint density at radius 3 is 2.64 bits per heavy atom. The second-order valence-corrected chi connectivity index (χ2v) is 2.43. The van der Waals surface area contributed by atoms with E-state index in [2.05, 4.69) is 6.58 Å². The van der Waals surface area contributed by atoms with Gasteiger partial charge in [-0.1, -0.05) is 30.9 Å². The van der Waals surface area contributed by atoms with Crippen molar-refractivity contribution < 1.29 is 0 Å². The fourth-order valence-corrected chi connectivity index (χ4v) is 1.08. The maximum atomic E-state index is 7.16. The first kappa shape index (κ1) is 7.73. The van der Waals surface area contributed by atoms with Crippen LogP contribution in [-0.4, -0.2) is 6.21 Å². The van der Waals surface area contributed by atoms with Crippen molar-refractivity contribution in [3.05, 3.63) is 41.5 Å². The van der Waals surface area contributed by atoms with E-state index >= 15 is 0 Å². The molecule has 0 bridgehead atoms. The summed E-state index contributed by atoms with van der Waals surface area (Å²) in [6.45, 7) is 5.67. The Morgan fingerprint density at radius 2 is 2.18 bits per heavy atom. The summed E-state index contributed by atoms with van der Waals surface area (Å²) in [5, 5.41) is 7.16. The third kappa shape index (κ3) is 1.37. The van der Waals surface area contributed by atoms with Crippen LogP contribution >= 0.6 is 0 Å². The van der Waals surface area contributed by atoms with Gasteiger partial charge in [0.2, 0.25) is 0 Å². The van der Waals surface area contributed by atoms with E-state index < -0.39 is 0 Å². The topological polar surface area (TPSA) is 23.9 Å². The average Bonchev–Trinajstić information content (AvgIpc) is 2.04. The molecule has 0 heterocycles. The standard InChI is InChI=1S/C10H11N/c1-3-9-6-4-5-8(2)10(9)7-11/h3-7,11H,1H2,2H3. The summed E-state index contributed by atoms with van der Waals surface area (Å²) in [7, 11) is 0. The minimum absolute atomic E-state index is 0.961. The largest absolute Gasteiger partial charge is 0.308 e. The van der Waals surface area contributed by atoms with Gasteiger partial charge in [-0.3, -0.25) is 0 Å². The minimum Gasteiger partial charge on any atom is -0.308 e. The lowest BCUT2D eigenvalue weighted by Gasteiger charge is -2.02. The van der Waals surface area contributed by atoms with Crippen LogP contribution in [0.15, 0.2) is 24.8 Å². The van der Waals surface area contributed by atoms with Crippen molar-refractivity contribution in [3.63, 3.8) is 0 Å². The van der Waals surface area contributed by atoms with Crippen LogP contribution in [0, 0.1) is 12.3 Å². The number of hydrogen-bond donors (Lipinski definition) is 1. The van der Waals surface area contributed by atoms with Gasteiger partial charge in [-0.15, -0.1) is 0 Å². The van der Waals surface area contributed by atoms with E-state index in [4.69, 9.17) is 5.41 Å². The first-order chi connectivity index (χ1) is 5.29. The summed E-state index contributed by atoms with van der Waals surface area (Å²) in [5.41, 5.74) is 3.11. The maximum Gasteiger partial charge on any atom is 0.0259 e. The molecule has 0 atom stereocenters. The molecule has 0 amide bonds. The van der Waals surface area contributed by atoms with Crippen LogP contribution in [0.3, 0.4) is 0 Å². The van der Waals surface area contributed by atoms with Gasteiger partial charge in [0.1, 0.15) is 0 Å². The first-order valence-electron chi connectivity index (χ1n) is 3.52. The molecule has 0 radical (unpaired) electrons. The number of aryl methyl sites for hydroxylation is 1. The molecule has 1 heteroatoms. The zero-order chi connectivity index (χ0) is 8.27. The lowest BCUT2D eigenvalue weighted by molar-refractivity contribution is 1.42. The van der Waals surface area contributed by atoms with E-state index in [9.17, 15) is 0 Å². The van der Waals surface area contributed by atoms with E-state index in [0.29, 0.717) is 0 Å². The van der Waals surface area contributed by atoms with Crippen LogP contribution in [-0.2, 0) is 0 Å². The highest BCUT2D eigenvalue weighted by molar-refractivity contribution is 5.85. The van der Waals surface area contributed by atoms with Crippen LogP contribution in [0.4, 0.5) is 0 Å². The summed E-state index contributed by atoms with van der Waals surface area (Å²) < 4.78 is 0. The van der Waals surface area contributed by atoms with E-state index in [0.717, 1.165) is 16.7 Å². The summed E-state index contributed by atoms with van der Waals surface area (Å²) in [4.78, 5) is 0. The summed E-state index contributed by atoms with van der Waals surface area (Å²) >= 11 is 0. The van der Waals surface area contributed by atoms with Gasteiger partial charge < -0.3 is 5.41 Å². The zero-order valence-electron chi connectivity index (χ0n) is 6.59.